The summed E-state index contributed by atoms with van der Waals surface area (Å²) in [6.45, 7) is 2.93. The Morgan fingerprint density at radius 2 is 2.36 bits per heavy atom. The Labute approximate surface area is 83.1 Å². The first-order chi connectivity index (χ1) is 6.84. The van der Waals surface area contributed by atoms with Crippen LogP contribution in [0.2, 0.25) is 0 Å². The van der Waals surface area contributed by atoms with Crippen LogP contribution in [0, 0.1) is 12.4 Å². The monoisotopic (exact) mass is 194 g/mol. The molecular weight excluding hydrogens is 181 g/mol. The maximum atomic E-state index is 12.8. The highest BCUT2D eigenvalue weighted by molar-refractivity contribution is 5.23. The summed E-state index contributed by atoms with van der Waals surface area (Å²) in [6.07, 6.45) is 2.14. The molecule has 1 saturated heterocycles. The molecule has 0 aromatic heterocycles. The van der Waals surface area contributed by atoms with E-state index >= 15 is 0 Å². The molecule has 0 spiro atoms. The van der Waals surface area contributed by atoms with E-state index in [-0.39, 0.29) is 11.9 Å². The Bertz CT molecular complexity index is 297. The third kappa shape index (κ3) is 2.45. The van der Waals surface area contributed by atoms with Gasteiger partial charge in [0.25, 0.3) is 0 Å². The van der Waals surface area contributed by atoms with Crippen LogP contribution in [-0.2, 0) is 0 Å². The van der Waals surface area contributed by atoms with Crippen LogP contribution in [0.15, 0.2) is 24.3 Å². The fourth-order valence-electron chi connectivity index (χ4n) is 1.51. The molecule has 1 aliphatic rings. The number of rotatable bonds is 2. The lowest BCUT2D eigenvalue weighted by Crippen LogP contribution is -2.32. The third-order valence-corrected chi connectivity index (χ3v) is 2.20. The average molecular weight is 194 g/mol. The van der Waals surface area contributed by atoms with Gasteiger partial charge in [-0.1, -0.05) is 6.07 Å². The van der Waals surface area contributed by atoms with E-state index < -0.39 is 0 Å². The number of piperidine rings is 1. The second kappa shape index (κ2) is 4.42. The predicted molar refractivity (Wildman–Crippen MR) is 52.4 cm³/mol. The van der Waals surface area contributed by atoms with Crippen LogP contribution in [0.3, 0.4) is 0 Å². The van der Waals surface area contributed by atoms with E-state index in [1.54, 1.807) is 12.1 Å². The maximum Gasteiger partial charge on any atom is 0.126 e. The van der Waals surface area contributed by atoms with Gasteiger partial charge in [-0.15, -0.1) is 0 Å². The highest BCUT2D eigenvalue weighted by Gasteiger charge is 2.14. The van der Waals surface area contributed by atoms with Crippen molar-refractivity contribution in [3.63, 3.8) is 0 Å². The van der Waals surface area contributed by atoms with E-state index in [2.05, 4.69) is 5.32 Å². The fourth-order valence-corrected chi connectivity index (χ4v) is 1.51. The van der Waals surface area contributed by atoms with E-state index in [0.29, 0.717) is 5.75 Å². The lowest BCUT2D eigenvalue weighted by atomic mass is 10.1. The minimum atomic E-state index is -0.258. The minimum absolute atomic E-state index is 0.0607. The second-order valence-electron chi connectivity index (χ2n) is 3.38. The predicted octanol–water partition coefficient (Wildman–Crippen LogP) is 2.12. The number of hydrogen-bond donors (Lipinski definition) is 1. The van der Waals surface area contributed by atoms with Gasteiger partial charge in [0.1, 0.15) is 17.7 Å². The van der Waals surface area contributed by atoms with Gasteiger partial charge in [0.2, 0.25) is 0 Å². The van der Waals surface area contributed by atoms with Crippen LogP contribution in [0.25, 0.3) is 0 Å². The molecule has 1 aliphatic heterocycles. The Hall–Kier alpha value is -1.09. The van der Waals surface area contributed by atoms with Crippen LogP contribution in [0.5, 0.6) is 5.75 Å². The van der Waals surface area contributed by atoms with Gasteiger partial charge in [-0.2, -0.15) is 0 Å². The number of benzene rings is 1. The van der Waals surface area contributed by atoms with Crippen molar-refractivity contribution in [3.8, 4) is 5.75 Å². The average Bonchev–Trinajstić information content (AvgIpc) is 2.19. The highest BCUT2D eigenvalue weighted by Crippen LogP contribution is 2.17. The van der Waals surface area contributed by atoms with Crippen LogP contribution in [0.4, 0.5) is 4.39 Å². The van der Waals surface area contributed by atoms with Gasteiger partial charge >= 0.3 is 0 Å². The molecule has 2 rings (SSSR count). The van der Waals surface area contributed by atoms with Crippen molar-refractivity contribution in [2.45, 2.75) is 18.9 Å². The number of hydrogen-bond acceptors (Lipinski definition) is 2. The van der Waals surface area contributed by atoms with Gasteiger partial charge in [-0.25, -0.2) is 4.39 Å². The molecule has 3 heteroatoms. The molecule has 0 bridgehead atoms. The molecule has 75 valence electrons. The van der Waals surface area contributed by atoms with Gasteiger partial charge in [-0.05, 0) is 31.5 Å². The molecule has 1 N–H and O–H groups in total. The zero-order chi connectivity index (χ0) is 9.80. The molecule has 0 aliphatic carbocycles. The summed E-state index contributed by atoms with van der Waals surface area (Å²) < 4.78 is 18.4. The smallest absolute Gasteiger partial charge is 0.126 e. The summed E-state index contributed by atoms with van der Waals surface area (Å²) in [4.78, 5) is 0. The summed E-state index contributed by atoms with van der Waals surface area (Å²) in [5.74, 6) is 0.334. The molecule has 1 aromatic rings. The molecule has 0 amide bonds. The first kappa shape index (κ1) is 9.46. The molecular formula is C11H13FNO. The summed E-state index contributed by atoms with van der Waals surface area (Å²) >= 11 is 0. The van der Waals surface area contributed by atoms with Gasteiger partial charge in [0, 0.05) is 6.07 Å². The van der Waals surface area contributed by atoms with Crippen LogP contribution in [0.1, 0.15) is 12.8 Å². The summed E-state index contributed by atoms with van der Waals surface area (Å²) in [5, 5.41) is 3.13. The first-order valence-electron chi connectivity index (χ1n) is 4.83. The van der Waals surface area contributed by atoms with Gasteiger partial charge in [0.05, 0.1) is 6.54 Å². The third-order valence-electron chi connectivity index (χ3n) is 2.20. The molecule has 1 unspecified atom stereocenters. The molecule has 1 heterocycles. The van der Waals surface area contributed by atoms with Crippen LogP contribution >= 0.6 is 0 Å². The largest absolute Gasteiger partial charge is 0.489 e. The number of ether oxygens (including phenoxy) is 1. The Balaban J connectivity index is 1.95. The Morgan fingerprint density at radius 3 is 3.07 bits per heavy atom. The summed E-state index contributed by atoms with van der Waals surface area (Å²) in [5.41, 5.74) is 0. The van der Waals surface area contributed by atoms with Gasteiger partial charge in [-0.3, -0.25) is 0 Å². The highest BCUT2D eigenvalue weighted by atomic mass is 19.1. The number of halogens is 1. The van der Waals surface area contributed by atoms with Crippen LogP contribution in [-0.4, -0.2) is 12.6 Å². The maximum absolute atomic E-state index is 12.8. The fraction of sp³-hybridized carbons (Fsp3) is 0.364. The van der Waals surface area contributed by atoms with Gasteiger partial charge in [0.15, 0.2) is 0 Å². The van der Waals surface area contributed by atoms with Crippen molar-refractivity contribution in [1.29, 1.82) is 0 Å². The molecule has 1 atom stereocenters. The normalized spacial score (nSPS) is 21.9. The van der Waals surface area contributed by atoms with E-state index in [4.69, 9.17) is 4.74 Å². The van der Waals surface area contributed by atoms with E-state index in [1.807, 2.05) is 6.54 Å². The summed E-state index contributed by atoms with van der Waals surface area (Å²) in [7, 11) is 0. The minimum Gasteiger partial charge on any atom is -0.489 e. The van der Waals surface area contributed by atoms with Crippen LogP contribution < -0.4 is 10.1 Å². The summed E-state index contributed by atoms with van der Waals surface area (Å²) in [6, 6.07) is 6.24. The SMILES string of the molecule is Fc1cccc(OC2[CH]NCCC2)c1. The number of nitrogens with one attached hydrogen (secondary N) is 1. The van der Waals surface area contributed by atoms with Crippen molar-refractivity contribution < 1.29 is 9.13 Å². The first-order valence-corrected chi connectivity index (χ1v) is 4.83. The molecule has 1 radical (unpaired) electrons. The lowest BCUT2D eigenvalue weighted by molar-refractivity contribution is 0.194. The topological polar surface area (TPSA) is 21.3 Å². The molecule has 0 saturated carbocycles. The van der Waals surface area contributed by atoms with Gasteiger partial charge < -0.3 is 10.1 Å². The quantitative estimate of drug-likeness (QED) is 0.778. The van der Waals surface area contributed by atoms with E-state index in [0.717, 1.165) is 19.4 Å². The van der Waals surface area contributed by atoms with Crippen molar-refractivity contribution in [2.24, 2.45) is 0 Å². The van der Waals surface area contributed by atoms with E-state index in [1.165, 1.54) is 12.1 Å². The lowest BCUT2D eigenvalue weighted by Gasteiger charge is -2.23. The zero-order valence-electron chi connectivity index (χ0n) is 7.87. The van der Waals surface area contributed by atoms with Crippen molar-refractivity contribution in [2.75, 3.05) is 6.54 Å². The Morgan fingerprint density at radius 1 is 1.43 bits per heavy atom. The molecule has 1 fully saturated rings. The van der Waals surface area contributed by atoms with E-state index in [9.17, 15) is 4.39 Å². The van der Waals surface area contributed by atoms with Crippen molar-refractivity contribution in [1.82, 2.24) is 5.32 Å². The zero-order valence-corrected chi connectivity index (χ0v) is 7.87. The molecule has 1 aromatic carbocycles. The molecule has 14 heavy (non-hydrogen) atoms. The Kier molecular flexibility index (Phi) is 2.99. The molecule has 2 nitrogen and oxygen atoms in total. The van der Waals surface area contributed by atoms with Crippen molar-refractivity contribution >= 4 is 0 Å². The standard InChI is InChI=1S/C11H13FNO/c12-9-3-1-4-10(7-9)14-11-5-2-6-13-8-11/h1,3-4,7-8,11,13H,2,5-6H2. The van der Waals surface area contributed by atoms with Crippen molar-refractivity contribution in [3.05, 3.63) is 36.6 Å². The second-order valence-corrected chi connectivity index (χ2v) is 3.38.